The largest absolute Gasteiger partial charge is 0.329 e. The van der Waals surface area contributed by atoms with Crippen molar-refractivity contribution in [1.82, 2.24) is 19.6 Å². The molecule has 1 fully saturated rings. The van der Waals surface area contributed by atoms with Gasteiger partial charge in [0.2, 0.25) is 0 Å². The Balaban J connectivity index is 1.54. The van der Waals surface area contributed by atoms with Crippen LogP contribution in [0.5, 0.6) is 0 Å². The van der Waals surface area contributed by atoms with E-state index in [1.807, 2.05) is 52.2 Å². The van der Waals surface area contributed by atoms with Gasteiger partial charge in [0.15, 0.2) is 0 Å². The summed E-state index contributed by atoms with van der Waals surface area (Å²) in [5.41, 5.74) is 2.99. The lowest BCUT2D eigenvalue weighted by atomic mass is 10.0. The second-order valence-corrected chi connectivity index (χ2v) is 7.10. The van der Waals surface area contributed by atoms with E-state index in [1.54, 1.807) is 6.20 Å². The number of piperazine rings is 1. The molecule has 1 aromatic heterocycles. The van der Waals surface area contributed by atoms with Crippen LogP contribution in [0, 0.1) is 0 Å². The molecule has 1 atom stereocenters. The molecule has 5 heteroatoms. The maximum Gasteiger partial charge on any atom is 0.257 e. The molecule has 27 heavy (non-hydrogen) atoms. The fourth-order valence-corrected chi connectivity index (χ4v) is 3.62. The minimum absolute atomic E-state index is 0.0521. The summed E-state index contributed by atoms with van der Waals surface area (Å²) in [5, 5.41) is 4.40. The van der Waals surface area contributed by atoms with Gasteiger partial charge in [-0.15, -0.1) is 0 Å². The number of hydrogen-bond donors (Lipinski definition) is 0. The molecule has 1 amide bonds. The van der Waals surface area contributed by atoms with Gasteiger partial charge in [0.1, 0.15) is 0 Å². The van der Waals surface area contributed by atoms with Crippen molar-refractivity contribution in [2.75, 3.05) is 26.7 Å². The van der Waals surface area contributed by atoms with Crippen LogP contribution < -0.4 is 0 Å². The number of likely N-dealkylation sites (N-methyl/N-ethyl adjacent to an activating group) is 1. The molecule has 0 aliphatic carbocycles. The number of nitrogens with zero attached hydrogens (tertiary/aromatic N) is 4. The molecule has 2 aromatic carbocycles. The van der Waals surface area contributed by atoms with Crippen LogP contribution in [0.3, 0.4) is 0 Å². The third kappa shape index (κ3) is 3.93. The molecular formula is C22H24N4O. The van der Waals surface area contributed by atoms with E-state index in [9.17, 15) is 4.79 Å². The van der Waals surface area contributed by atoms with Crippen LogP contribution >= 0.6 is 0 Å². The molecule has 138 valence electrons. The summed E-state index contributed by atoms with van der Waals surface area (Å²) >= 11 is 0. The van der Waals surface area contributed by atoms with E-state index in [-0.39, 0.29) is 11.9 Å². The predicted molar refractivity (Wildman–Crippen MR) is 105 cm³/mol. The van der Waals surface area contributed by atoms with Crippen LogP contribution in [0.4, 0.5) is 0 Å². The van der Waals surface area contributed by atoms with Gasteiger partial charge in [-0.1, -0.05) is 60.7 Å². The van der Waals surface area contributed by atoms with E-state index in [2.05, 4.69) is 41.3 Å². The van der Waals surface area contributed by atoms with Gasteiger partial charge in [0.05, 0.1) is 24.3 Å². The van der Waals surface area contributed by atoms with Gasteiger partial charge >= 0.3 is 0 Å². The van der Waals surface area contributed by atoms with Crippen molar-refractivity contribution in [3.63, 3.8) is 0 Å². The van der Waals surface area contributed by atoms with E-state index in [1.165, 1.54) is 11.1 Å². The highest BCUT2D eigenvalue weighted by Gasteiger charge is 2.31. The molecule has 0 unspecified atom stereocenters. The third-order valence-electron chi connectivity index (χ3n) is 5.10. The molecule has 4 rings (SSSR count). The number of carbonyl (C=O) groups is 1. The van der Waals surface area contributed by atoms with E-state index >= 15 is 0 Å². The number of benzene rings is 2. The molecule has 1 aliphatic rings. The van der Waals surface area contributed by atoms with Crippen LogP contribution in [-0.4, -0.2) is 52.2 Å². The van der Waals surface area contributed by atoms with Crippen molar-refractivity contribution in [1.29, 1.82) is 0 Å². The van der Waals surface area contributed by atoms with Crippen LogP contribution in [0.1, 0.15) is 27.5 Å². The van der Waals surface area contributed by atoms with Crippen LogP contribution in [0.15, 0.2) is 73.1 Å². The third-order valence-corrected chi connectivity index (χ3v) is 5.10. The van der Waals surface area contributed by atoms with E-state index < -0.39 is 0 Å². The van der Waals surface area contributed by atoms with Crippen LogP contribution in [0.25, 0.3) is 0 Å². The first-order valence-corrected chi connectivity index (χ1v) is 9.31. The Bertz CT molecular complexity index is 891. The summed E-state index contributed by atoms with van der Waals surface area (Å²) in [6.07, 6.45) is 3.54. The number of carbonyl (C=O) groups excluding carboxylic acids is 1. The van der Waals surface area contributed by atoms with Crippen molar-refractivity contribution in [3.05, 3.63) is 89.7 Å². The highest BCUT2D eigenvalue weighted by atomic mass is 16.2. The summed E-state index contributed by atoms with van der Waals surface area (Å²) in [6, 6.07) is 20.5. The number of rotatable bonds is 4. The highest BCUT2D eigenvalue weighted by molar-refractivity contribution is 5.94. The summed E-state index contributed by atoms with van der Waals surface area (Å²) in [4.78, 5) is 17.5. The van der Waals surface area contributed by atoms with Gasteiger partial charge in [-0.3, -0.25) is 9.48 Å². The smallest absolute Gasteiger partial charge is 0.257 e. The first-order chi connectivity index (χ1) is 13.2. The molecule has 2 heterocycles. The van der Waals surface area contributed by atoms with Crippen molar-refractivity contribution >= 4 is 5.91 Å². The van der Waals surface area contributed by atoms with Gasteiger partial charge in [-0.25, -0.2) is 0 Å². The average molecular weight is 360 g/mol. The normalized spacial score (nSPS) is 17.8. The number of hydrogen-bond acceptors (Lipinski definition) is 3. The molecule has 1 saturated heterocycles. The van der Waals surface area contributed by atoms with Gasteiger partial charge in [0, 0.05) is 25.8 Å². The van der Waals surface area contributed by atoms with Gasteiger partial charge < -0.3 is 9.80 Å². The quantitative estimate of drug-likeness (QED) is 0.718. The first kappa shape index (κ1) is 17.5. The molecule has 0 radical (unpaired) electrons. The second kappa shape index (κ2) is 7.76. The Labute approximate surface area is 159 Å². The molecular weight excluding hydrogens is 336 g/mol. The standard InChI is InChI=1S/C22H24N4O/c1-24-12-13-26(21(17-24)19-10-6-3-7-11-19)22(27)20-14-23-25(16-20)15-18-8-4-2-5-9-18/h2-11,14,16,21H,12-13,15,17H2,1H3/t21-/m0/s1. The van der Waals surface area contributed by atoms with E-state index in [0.717, 1.165) is 19.6 Å². The molecule has 0 spiro atoms. The molecule has 5 nitrogen and oxygen atoms in total. The Hall–Kier alpha value is -2.92. The average Bonchev–Trinajstić information content (AvgIpc) is 3.17. The van der Waals surface area contributed by atoms with Crippen molar-refractivity contribution < 1.29 is 4.79 Å². The van der Waals surface area contributed by atoms with E-state index in [0.29, 0.717) is 12.1 Å². The van der Waals surface area contributed by atoms with Gasteiger partial charge in [-0.05, 0) is 18.2 Å². The zero-order valence-corrected chi connectivity index (χ0v) is 15.5. The maximum absolute atomic E-state index is 13.2. The second-order valence-electron chi connectivity index (χ2n) is 7.10. The fraction of sp³-hybridized carbons (Fsp3) is 0.273. The van der Waals surface area contributed by atoms with Crippen LogP contribution in [0.2, 0.25) is 0 Å². The van der Waals surface area contributed by atoms with Gasteiger partial charge in [-0.2, -0.15) is 5.10 Å². The molecule has 0 N–H and O–H groups in total. The monoisotopic (exact) mass is 360 g/mol. The van der Waals surface area contributed by atoms with Gasteiger partial charge in [0.25, 0.3) is 5.91 Å². The minimum atomic E-state index is 0.0521. The van der Waals surface area contributed by atoms with Crippen molar-refractivity contribution in [2.45, 2.75) is 12.6 Å². The van der Waals surface area contributed by atoms with E-state index in [4.69, 9.17) is 0 Å². The summed E-state index contributed by atoms with van der Waals surface area (Å²) in [5.74, 6) is 0.0521. The lowest BCUT2D eigenvalue weighted by molar-refractivity contribution is 0.0498. The lowest BCUT2D eigenvalue weighted by Crippen LogP contribution is -2.49. The summed E-state index contributed by atoms with van der Waals surface area (Å²) in [7, 11) is 2.11. The Kier molecular flexibility index (Phi) is 5.03. The Morgan fingerprint density at radius 1 is 1.04 bits per heavy atom. The zero-order valence-electron chi connectivity index (χ0n) is 15.5. The molecule has 1 aliphatic heterocycles. The fourth-order valence-electron chi connectivity index (χ4n) is 3.62. The predicted octanol–water partition coefficient (Wildman–Crippen LogP) is 3.06. The summed E-state index contributed by atoms with van der Waals surface area (Å²) < 4.78 is 1.83. The minimum Gasteiger partial charge on any atom is -0.329 e. The molecule has 0 saturated carbocycles. The van der Waals surface area contributed by atoms with Crippen LogP contribution in [-0.2, 0) is 6.54 Å². The Morgan fingerprint density at radius 3 is 2.48 bits per heavy atom. The highest BCUT2D eigenvalue weighted by Crippen LogP contribution is 2.26. The Morgan fingerprint density at radius 2 is 1.74 bits per heavy atom. The first-order valence-electron chi connectivity index (χ1n) is 9.31. The number of amides is 1. The molecule has 3 aromatic rings. The van der Waals surface area contributed by atoms with Crippen molar-refractivity contribution in [3.8, 4) is 0 Å². The maximum atomic E-state index is 13.2. The number of aromatic nitrogens is 2. The lowest BCUT2D eigenvalue weighted by Gasteiger charge is -2.40. The SMILES string of the molecule is CN1CCN(C(=O)c2cnn(Cc3ccccc3)c2)[C@H](c2ccccc2)C1. The zero-order chi connectivity index (χ0) is 18.6. The van der Waals surface area contributed by atoms with Crippen molar-refractivity contribution in [2.24, 2.45) is 0 Å². The topological polar surface area (TPSA) is 41.4 Å². The molecule has 0 bridgehead atoms. The summed E-state index contributed by atoms with van der Waals surface area (Å²) in [6.45, 7) is 3.11.